The summed E-state index contributed by atoms with van der Waals surface area (Å²) in [4.78, 5) is 70.0. The number of aryl methyl sites for hydroxylation is 1. The minimum absolute atomic E-state index is 0. The first-order valence-electron chi connectivity index (χ1n) is 18.6. The molecule has 1 saturated heterocycles. The van der Waals surface area contributed by atoms with Gasteiger partial charge >= 0.3 is 17.7 Å². The van der Waals surface area contributed by atoms with E-state index in [-0.39, 0.29) is 52.5 Å². The van der Waals surface area contributed by atoms with Crippen LogP contribution in [0.5, 0.6) is 5.75 Å². The van der Waals surface area contributed by atoms with Gasteiger partial charge in [-0.2, -0.15) is 9.36 Å². The number of oxime groups is 1. The first kappa shape index (κ1) is 45.0. The molecule has 3 aromatic heterocycles. The third kappa shape index (κ3) is 10.9. The molecule has 3 amide bonds. The largest absolute Gasteiger partial charge is 1.00 e. The lowest BCUT2D eigenvalue weighted by Gasteiger charge is -2.49. The Morgan fingerprint density at radius 2 is 1.90 bits per heavy atom. The van der Waals surface area contributed by atoms with Gasteiger partial charge in [-0.05, 0) is 84.5 Å². The molecule has 6 rings (SSSR count). The van der Waals surface area contributed by atoms with Crippen molar-refractivity contribution in [1.82, 2.24) is 34.4 Å². The molecule has 0 radical (unpaired) electrons. The van der Waals surface area contributed by atoms with Gasteiger partial charge in [-0.3, -0.25) is 24.4 Å². The average molecular weight is 916 g/mol. The van der Waals surface area contributed by atoms with E-state index < -0.39 is 47.0 Å². The molecule has 0 saturated carbocycles. The van der Waals surface area contributed by atoms with Crippen LogP contribution in [0, 0.1) is 0 Å². The van der Waals surface area contributed by atoms with Crippen LogP contribution >= 0.6 is 23.3 Å². The Morgan fingerprint density at radius 3 is 2.59 bits per heavy atom. The Labute approximate surface area is 360 Å². The maximum Gasteiger partial charge on any atom is 0.414 e. The fraction of sp³-hybridized carbons (Fsp3) is 0.447. The van der Waals surface area contributed by atoms with E-state index in [1.807, 2.05) is 30.1 Å². The van der Waals surface area contributed by atoms with Gasteiger partial charge in [-0.1, -0.05) is 17.3 Å². The molecule has 4 aromatic rings. The summed E-state index contributed by atoms with van der Waals surface area (Å²) in [6.07, 6.45) is 3.44. The predicted octanol–water partition coefficient (Wildman–Crippen LogP) is 0.371. The number of imidazole rings is 1. The van der Waals surface area contributed by atoms with E-state index in [0.717, 1.165) is 47.8 Å². The predicted molar refractivity (Wildman–Crippen MR) is 216 cm³/mol. The number of pyridine rings is 1. The molecular weight excluding hydrogens is 869 g/mol. The Hall–Kier alpha value is -5.12. The quantitative estimate of drug-likeness (QED) is 0.0348. The summed E-state index contributed by atoms with van der Waals surface area (Å²) >= 11 is 2.22. The van der Waals surface area contributed by atoms with E-state index in [9.17, 15) is 19.2 Å². The molecule has 1 aromatic carbocycles. The molecule has 1 fully saturated rings. The van der Waals surface area contributed by atoms with Gasteiger partial charge in [0.15, 0.2) is 11.8 Å². The Balaban J connectivity index is 0.00000661. The number of anilines is 1. The van der Waals surface area contributed by atoms with Crippen molar-refractivity contribution in [2.45, 2.75) is 83.9 Å². The molecule has 0 spiro atoms. The molecular formula is C38H47BrN10O8S2. The second kappa shape index (κ2) is 19.8. The number of nitrogens with one attached hydrogen (secondary N) is 3. The van der Waals surface area contributed by atoms with Crippen LogP contribution in [0.2, 0.25) is 0 Å². The van der Waals surface area contributed by atoms with Crippen molar-refractivity contribution in [2.24, 2.45) is 5.16 Å². The Kier molecular flexibility index (Phi) is 15.1. The van der Waals surface area contributed by atoms with Crippen molar-refractivity contribution in [1.29, 1.82) is 0 Å². The number of aromatic nitrogens is 5. The summed E-state index contributed by atoms with van der Waals surface area (Å²) in [6, 6.07) is 9.97. The number of methoxy groups -OCH3 is 1. The summed E-state index contributed by atoms with van der Waals surface area (Å²) in [5.74, 6) is -1.09. The number of ether oxygens (including phenoxy) is 3. The van der Waals surface area contributed by atoms with Crippen molar-refractivity contribution in [3.63, 3.8) is 0 Å². The number of rotatable bonds is 16. The third-order valence-electron chi connectivity index (χ3n) is 8.69. The molecule has 0 bridgehead atoms. The van der Waals surface area contributed by atoms with Crippen molar-refractivity contribution >= 4 is 69.2 Å². The topological polar surface area (TPSA) is 204 Å². The molecule has 59 heavy (non-hydrogen) atoms. The first-order chi connectivity index (χ1) is 27.8. The second-order valence-electron chi connectivity index (χ2n) is 14.6. The van der Waals surface area contributed by atoms with Crippen LogP contribution in [0.15, 0.2) is 65.3 Å². The molecule has 316 valence electrons. The van der Waals surface area contributed by atoms with Gasteiger partial charge in [-0.15, -0.1) is 16.7 Å². The highest BCUT2D eigenvalue weighted by molar-refractivity contribution is 8.00. The standard InChI is InChI=1S/C38H46N10O8S2.BrH/c1-22(2)56-44-27(30-42-36(58-45-30)43-37(52)55-38(3,4)5)32(49)41-28-33(50)48-29(35(51)54-19-23-11-13-25(53-7)14-12-23)24(20-57-34(28)48)18-47-21-46(17-9-15-39-6)26-10-8-16-40-31(26)47;/h8,10-14,16,21-22,28,34,39H,9,15,17-20H2,1-7H3,(H-,41,42,43,45,49,52);1H/b44-27-;. The highest BCUT2D eigenvalue weighted by atomic mass is 79.9. The SMILES string of the molecule is CNCCCn1c[n+](CC2=C(C(=O)OCc3ccc(OC)cc3)N3C(=O)C(NC(=O)/C(=N\OC(C)C)c4nsc(NC(=O)OC(C)(C)C)n4)C3SC2)c2ncccc21.[Br-]. The van der Waals surface area contributed by atoms with Crippen molar-refractivity contribution in [3.05, 3.63) is 71.6 Å². The lowest BCUT2D eigenvalue weighted by molar-refractivity contribution is -0.665. The van der Waals surface area contributed by atoms with Crippen molar-refractivity contribution in [2.75, 3.05) is 31.8 Å². The molecule has 5 heterocycles. The molecule has 2 atom stereocenters. The van der Waals surface area contributed by atoms with Gasteiger partial charge in [0.2, 0.25) is 16.7 Å². The lowest BCUT2D eigenvalue weighted by atomic mass is 10.0. The van der Waals surface area contributed by atoms with Gasteiger partial charge < -0.3 is 46.7 Å². The van der Waals surface area contributed by atoms with Crippen LogP contribution in [0.1, 0.15) is 52.4 Å². The molecule has 2 unspecified atom stereocenters. The van der Waals surface area contributed by atoms with Gasteiger partial charge in [-0.25, -0.2) is 14.2 Å². The number of hydrogen-bond donors (Lipinski definition) is 3. The number of esters is 1. The van der Waals surface area contributed by atoms with E-state index in [1.165, 1.54) is 16.7 Å². The molecule has 18 nitrogen and oxygen atoms in total. The molecule has 0 aliphatic carbocycles. The number of hydrogen-bond acceptors (Lipinski definition) is 15. The monoisotopic (exact) mass is 914 g/mol. The lowest BCUT2D eigenvalue weighted by Crippen LogP contribution is -3.00. The zero-order chi connectivity index (χ0) is 41.6. The number of thioether (sulfide) groups is 1. The Morgan fingerprint density at radius 1 is 1.14 bits per heavy atom. The molecule has 2 aliphatic rings. The molecule has 2 aliphatic heterocycles. The number of halogens is 1. The number of carbonyl (C=O) groups excluding carboxylic acids is 4. The number of β-lactam (4-membered cyclic amide) rings is 1. The molecule has 3 N–H and O–H groups in total. The van der Waals surface area contributed by atoms with Crippen LogP contribution in [-0.2, 0) is 48.4 Å². The molecule has 21 heteroatoms. The van der Waals surface area contributed by atoms with E-state index >= 15 is 0 Å². The first-order valence-corrected chi connectivity index (χ1v) is 20.4. The number of nitrogens with zero attached hydrogens (tertiary/aromatic N) is 7. The third-order valence-corrected chi connectivity index (χ3v) is 10.7. The fourth-order valence-corrected chi connectivity index (χ4v) is 7.98. The maximum atomic E-state index is 14.1. The van der Waals surface area contributed by atoms with E-state index in [0.29, 0.717) is 17.1 Å². The van der Waals surface area contributed by atoms with Crippen LogP contribution in [0.3, 0.4) is 0 Å². The summed E-state index contributed by atoms with van der Waals surface area (Å²) in [5.41, 5.74) is 2.12. The van der Waals surface area contributed by atoms with Gasteiger partial charge in [0.05, 0.1) is 20.2 Å². The number of carbonyl (C=O) groups is 4. The highest BCUT2D eigenvalue weighted by Gasteiger charge is 2.55. The van der Waals surface area contributed by atoms with Crippen molar-refractivity contribution < 1.29 is 59.8 Å². The van der Waals surface area contributed by atoms with Crippen LogP contribution in [0.4, 0.5) is 9.93 Å². The van der Waals surface area contributed by atoms with Crippen molar-refractivity contribution in [3.8, 4) is 5.75 Å². The highest BCUT2D eigenvalue weighted by Crippen LogP contribution is 2.41. The minimum atomic E-state index is -1.03. The second-order valence-corrected chi connectivity index (χ2v) is 16.5. The number of fused-ring (bicyclic) bond motifs is 2. The smallest absolute Gasteiger partial charge is 0.414 e. The van der Waals surface area contributed by atoms with Crippen LogP contribution in [-0.4, -0.2) is 103 Å². The van der Waals surface area contributed by atoms with Crippen LogP contribution < -0.4 is 42.2 Å². The minimum Gasteiger partial charge on any atom is -1.00 e. The van der Waals surface area contributed by atoms with E-state index in [4.69, 9.17) is 19.0 Å². The zero-order valence-electron chi connectivity index (χ0n) is 33.7. The fourth-order valence-electron chi connectivity index (χ4n) is 6.09. The average Bonchev–Trinajstić information content (AvgIpc) is 3.79. The van der Waals surface area contributed by atoms with Gasteiger partial charge in [0.25, 0.3) is 11.8 Å². The van der Waals surface area contributed by atoms with Crippen LogP contribution in [0.25, 0.3) is 11.2 Å². The summed E-state index contributed by atoms with van der Waals surface area (Å²) < 4.78 is 24.7. The summed E-state index contributed by atoms with van der Waals surface area (Å²) in [5, 5.41) is 11.9. The van der Waals surface area contributed by atoms with E-state index in [2.05, 4.69) is 40.0 Å². The maximum absolute atomic E-state index is 14.1. The normalized spacial score (nSPS) is 16.6. The summed E-state index contributed by atoms with van der Waals surface area (Å²) in [6.45, 7) is 10.4. The Bertz CT molecular complexity index is 2220. The van der Waals surface area contributed by atoms with Gasteiger partial charge in [0.1, 0.15) is 47.4 Å². The van der Waals surface area contributed by atoms with Gasteiger partial charge in [0, 0.05) is 22.9 Å². The van der Waals surface area contributed by atoms with E-state index in [1.54, 1.807) is 72.2 Å². The number of amides is 3. The summed E-state index contributed by atoms with van der Waals surface area (Å²) in [7, 11) is 3.48. The number of benzene rings is 1. The zero-order valence-corrected chi connectivity index (χ0v) is 36.9.